The van der Waals surface area contributed by atoms with E-state index in [1.807, 2.05) is 0 Å². The highest BCUT2D eigenvalue weighted by molar-refractivity contribution is 9.10. The van der Waals surface area contributed by atoms with Gasteiger partial charge in [0.15, 0.2) is 0 Å². The number of aliphatic carboxylic acids is 1. The van der Waals surface area contributed by atoms with Crippen LogP contribution in [0.5, 0.6) is 0 Å². The molecule has 1 N–H and O–H groups in total. The van der Waals surface area contributed by atoms with Crippen LogP contribution in [0.15, 0.2) is 22.7 Å². The molecule has 1 unspecified atom stereocenters. The van der Waals surface area contributed by atoms with Crippen LogP contribution in [0.4, 0.5) is 18.9 Å². The Labute approximate surface area is 128 Å². The first-order valence-corrected chi connectivity index (χ1v) is 7.33. The van der Waals surface area contributed by atoms with Gasteiger partial charge in [-0.05, 0) is 44.4 Å². The van der Waals surface area contributed by atoms with Crippen molar-refractivity contribution in [2.24, 2.45) is 0 Å². The molecule has 21 heavy (non-hydrogen) atoms. The molecule has 0 aliphatic carbocycles. The summed E-state index contributed by atoms with van der Waals surface area (Å²) >= 11 is 3.16. The number of carbonyl (C=O) groups is 1. The van der Waals surface area contributed by atoms with Gasteiger partial charge in [0, 0.05) is 11.0 Å². The molecule has 1 aliphatic rings. The van der Waals surface area contributed by atoms with Gasteiger partial charge in [0.1, 0.15) is 5.54 Å². The minimum absolute atomic E-state index is 0.0820. The second-order valence-corrected chi connectivity index (χ2v) is 6.26. The van der Waals surface area contributed by atoms with Crippen LogP contribution in [-0.4, -0.2) is 23.2 Å². The summed E-state index contributed by atoms with van der Waals surface area (Å²) in [7, 11) is 0. The summed E-state index contributed by atoms with van der Waals surface area (Å²) in [6.07, 6.45) is -2.83. The molecule has 116 valence electrons. The van der Waals surface area contributed by atoms with Gasteiger partial charge >= 0.3 is 12.1 Å². The highest BCUT2D eigenvalue weighted by Crippen LogP contribution is 2.42. The summed E-state index contributed by atoms with van der Waals surface area (Å²) in [6, 6.07) is 3.64. The molecule has 1 aromatic carbocycles. The lowest BCUT2D eigenvalue weighted by molar-refractivity contribution is -0.144. The molecule has 0 radical (unpaired) electrons. The number of halogens is 4. The summed E-state index contributed by atoms with van der Waals surface area (Å²) in [5, 5.41) is 9.46. The molecular weight excluding hydrogens is 351 g/mol. The van der Waals surface area contributed by atoms with E-state index in [0.29, 0.717) is 30.3 Å². The van der Waals surface area contributed by atoms with Crippen molar-refractivity contribution in [3.63, 3.8) is 0 Å². The van der Waals surface area contributed by atoms with Crippen LogP contribution in [0.25, 0.3) is 0 Å². The van der Waals surface area contributed by atoms with Crippen molar-refractivity contribution in [1.29, 1.82) is 0 Å². The summed E-state index contributed by atoms with van der Waals surface area (Å²) < 4.78 is 40.1. The number of nitrogens with zero attached hydrogens (tertiary/aromatic N) is 1. The second kappa shape index (κ2) is 5.51. The van der Waals surface area contributed by atoms with Gasteiger partial charge < -0.3 is 10.0 Å². The number of hydrogen-bond acceptors (Lipinski definition) is 2. The van der Waals surface area contributed by atoms with E-state index in [0.717, 1.165) is 6.07 Å². The Morgan fingerprint density at radius 1 is 1.38 bits per heavy atom. The first-order valence-electron chi connectivity index (χ1n) is 6.54. The van der Waals surface area contributed by atoms with Crippen molar-refractivity contribution >= 4 is 27.6 Å². The first-order chi connectivity index (χ1) is 9.66. The number of alkyl halides is 3. The molecule has 1 saturated heterocycles. The van der Waals surface area contributed by atoms with Crippen LogP contribution in [0.1, 0.15) is 31.7 Å². The molecule has 0 aromatic heterocycles. The molecule has 1 heterocycles. The molecule has 0 bridgehead atoms. The fourth-order valence-corrected chi connectivity index (χ4v) is 3.05. The summed E-state index contributed by atoms with van der Waals surface area (Å²) in [5.74, 6) is -1.10. The van der Waals surface area contributed by atoms with E-state index in [9.17, 15) is 23.1 Å². The summed E-state index contributed by atoms with van der Waals surface area (Å²) in [4.78, 5) is 12.9. The van der Waals surface area contributed by atoms with Crippen LogP contribution in [0, 0.1) is 0 Å². The summed E-state index contributed by atoms with van der Waals surface area (Å²) in [5.41, 5.74) is -2.21. The Morgan fingerprint density at radius 2 is 2.05 bits per heavy atom. The standard InChI is InChI=1S/C14H15BrF3NO2/c1-13(12(20)21)6-2-3-7-19(13)11-8-9(15)4-5-10(11)14(16,17)18/h4-5,8H,2-3,6-7H2,1H3,(H,20,21). The average molecular weight is 366 g/mol. The largest absolute Gasteiger partial charge is 0.480 e. The van der Waals surface area contributed by atoms with Crippen molar-refractivity contribution < 1.29 is 23.1 Å². The minimum Gasteiger partial charge on any atom is -0.480 e. The van der Waals surface area contributed by atoms with Crippen LogP contribution >= 0.6 is 15.9 Å². The average Bonchev–Trinajstić information content (AvgIpc) is 2.37. The van der Waals surface area contributed by atoms with E-state index in [-0.39, 0.29) is 5.69 Å². The monoisotopic (exact) mass is 365 g/mol. The van der Waals surface area contributed by atoms with E-state index < -0.39 is 23.2 Å². The molecule has 7 heteroatoms. The third-order valence-corrected chi connectivity index (χ3v) is 4.40. The maximum atomic E-state index is 13.2. The van der Waals surface area contributed by atoms with Gasteiger partial charge in [-0.25, -0.2) is 4.79 Å². The van der Waals surface area contributed by atoms with Crippen LogP contribution < -0.4 is 4.90 Å². The molecule has 0 amide bonds. The molecule has 1 aromatic rings. The molecule has 3 nitrogen and oxygen atoms in total. The highest BCUT2D eigenvalue weighted by atomic mass is 79.9. The number of carboxylic acids is 1. The van der Waals surface area contributed by atoms with Crippen LogP contribution in [-0.2, 0) is 11.0 Å². The van der Waals surface area contributed by atoms with Gasteiger partial charge in [0.2, 0.25) is 0 Å². The lowest BCUT2D eigenvalue weighted by Gasteiger charge is -2.44. The van der Waals surface area contributed by atoms with Crippen molar-refractivity contribution in [3.05, 3.63) is 28.2 Å². The van der Waals surface area contributed by atoms with Crippen LogP contribution in [0.2, 0.25) is 0 Å². The van der Waals surface area contributed by atoms with E-state index in [1.165, 1.54) is 24.0 Å². The van der Waals surface area contributed by atoms with Gasteiger partial charge in [-0.1, -0.05) is 15.9 Å². The van der Waals surface area contributed by atoms with Crippen molar-refractivity contribution in [1.82, 2.24) is 0 Å². The Morgan fingerprint density at radius 3 is 2.62 bits per heavy atom. The fourth-order valence-electron chi connectivity index (χ4n) is 2.70. The fraction of sp³-hybridized carbons (Fsp3) is 0.500. The zero-order chi connectivity index (χ0) is 15.8. The molecule has 1 atom stereocenters. The quantitative estimate of drug-likeness (QED) is 0.849. The van der Waals surface area contributed by atoms with Crippen molar-refractivity contribution in [2.45, 2.75) is 37.9 Å². The zero-order valence-electron chi connectivity index (χ0n) is 11.4. The smallest absolute Gasteiger partial charge is 0.418 e. The first kappa shape index (κ1) is 16.1. The highest BCUT2D eigenvalue weighted by Gasteiger charge is 2.45. The Balaban J connectivity index is 2.58. The number of carboxylic acid groups (broad SMARTS) is 1. The lowest BCUT2D eigenvalue weighted by Crippen LogP contribution is -2.56. The number of hydrogen-bond donors (Lipinski definition) is 1. The third kappa shape index (κ3) is 3.02. The normalized spacial score (nSPS) is 23.2. The number of benzene rings is 1. The third-order valence-electron chi connectivity index (χ3n) is 3.91. The van der Waals surface area contributed by atoms with E-state index in [2.05, 4.69) is 15.9 Å². The molecule has 0 spiro atoms. The topological polar surface area (TPSA) is 40.5 Å². The Hall–Kier alpha value is -1.24. The maximum Gasteiger partial charge on any atom is 0.418 e. The zero-order valence-corrected chi connectivity index (χ0v) is 13.0. The summed E-state index contributed by atoms with van der Waals surface area (Å²) in [6.45, 7) is 1.78. The predicted octanol–water partition coefficient (Wildman–Crippen LogP) is 4.30. The molecule has 1 aliphatic heterocycles. The number of rotatable bonds is 2. The number of piperidine rings is 1. The molecular formula is C14H15BrF3NO2. The lowest BCUT2D eigenvalue weighted by atomic mass is 9.87. The molecule has 2 rings (SSSR count). The Bertz CT molecular complexity index is 562. The van der Waals surface area contributed by atoms with E-state index >= 15 is 0 Å². The number of anilines is 1. The maximum absolute atomic E-state index is 13.2. The van der Waals surface area contributed by atoms with Gasteiger partial charge in [-0.15, -0.1) is 0 Å². The molecule has 0 saturated carbocycles. The van der Waals surface area contributed by atoms with Crippen LogP contribution in [0.3, 0.4) is 0 Å². The Kier molecular flexibility index (Phi) is 4.24. The van der Waals surface area contributed by atoms with Crippen molar-refractivity contribution in [2.75, 3.05) is 11.4 Å². The van der Waals surface area contributed by atoms with Gasteiger partial charge in [0.05, 0.1) is 11.3 Å². The predicted molar refractivity (Wildman–Crippen MR) is 76.4 cm³/mol. The minimum atomic E-state index is -4.52. The second-order valence-electron chi connectivity index (χ2n) is 5.35. The molecule has 1 fully saturated rings. The van der Waals surface area contributed by atoms with E-state index in [4.69, 9.17) is 0 Å². The van der Waals surface area contributed by atoms with Gasteiger partial charge in [0.25, 0.3) is 0 Å². The van der Waals surface area contributed by atoms with Crippen molar-refractivity contribution in [3.8, 4) is 0 Å². The van der Waals surface area contributed by atoms with E-state index in [1.54, 1.807) is 0 Å². The van der Waals surface area contributed by atoms with Gasteiger partial charge in [-0.3, -0.25) is 0 Å². The van der Waals surface area contributed by atoms with Gasteiger partial charge in [-0.2, -0.15) is 13.2 Å². The SMILES string of the molecule is CC1(C(=O)O)CCCCN1c1cc(Br)ccc1C(F)(F)F.